The van der Waals surface area contributed by atoms with E-state index >= 15 is 0 Å². The second-order valence-corrected chi connectivity index (χ2v) is 6.31. The fourth-order valence-corrected chi connectivity index (χ4v) is 2.84. The first kappa shape index (κ1) is 21.4. The molecule has 0 aliphatic rings. The van der Waals surface area contributed by atoms with Crippen molar-refractivity contribution in [2.45, 2.75) is 19.5 Å². The molecule has 0 saturated carbocycles. The van der Waals surface area contributed by atoms with Gasteiger partial charge >= 0.3 is 0 Å². The van der Waals surface area contributed by atoms with Crippen molar-refractivity contribution in [2.75, 3.05) is 40.8 Å². The van der Waals surface area contributed by atoms with Crippen LogP contribution in [0.5, 0.6) is 23.0 Å². The smallest absolute Gasteiger partial charge is 0.241 e. The van der Waals surface area contributed by atoms with Crippen molar-refractivity contribution in [1.82, 2.24) is 4.90 Å². The molecule has 2 aromatic carbocycles. The maximum Gasteiger partial charge on any atom is 0.241 e. The van der Waals surface area contributed by atoms with Crippen molar-refractivity contribution in [1.29, 1.82) is 0 Å². The molecule has 0 aromatic heterocycles. The number of benzene rings is 2. The quantitative estimate of drug-likeness (QED) is 0.712. The van der Waals surface area contributed by atoms with E-state index in [1.165, 1.54) is 0 Å². The molecule has 0 fully saturated rings. The summed E-state index contributed by atoms with van der Waals surface area (Å²) in [5, 5.41) is 2.92. The minimum absolute atomic E-state index is 0.116. The summed E-state index contributed by atoms with van der Waals surface area (Å²) in [5.41, 5.74) is 1.58. The molecule has 0 aliphatic carbocycles. The van der Waals surface area contributed by atoms with E-state index in [9.17, 15) is 4.79 Å². The Labute approximate surface area is 166 Å². The van der Waals surface area contributed by atoms with Crippen LogP contribution in [0.4, 0.5) is 5.69 Å². The zero-order valence-electron chi connectivity index (χ0n) is 17.2. The molecular weight excluding hydrogens is 360 g/mol. The summed E-state index contributed by atoms with van der Waals surface area (Å²) in [6, 6.07) is 10.6. The minimum Gasteiger partial charge on any atom is -0.497 e. The summed E-state index contributed by atoms with van der Waals surface area (Å²) < 4.78 is 21.5. The molecule has 28 heavy (non-hydrogen) atoms. The second kappa shape index (κ2) is 9.85. The molecular formula is C21H28N2O5. The molecule has 1 N–H and O–H groups in total. The summed E-state index contributed by atoms with van der Waals surface area (Å²) in [5.74, 6) is 2.29. The van der Waals surface area contributed by atoms with Gasteiger partial charge in [0.15, 0.2) is 11.5 Å². The van der Waals surface area contributed by atoms with Gasteiger partial charge in [-0.1, -0.05) is 12.1 Å². The van der Waals surface area contributed by atoms with Crippen LogP contribution >= 0.6 is 0 Å². The Bertz CT molecular complexity index is 809. The topological polar surface area (TPSA) is 69.3 Å². The highest BCUT2D eigenvalue weighted by Crippen LogP contribution is 2.40. The van der Waals surface area contributed by atoms with Crippen molar-refractivity contribution < 1.29 is 23.7 Å². The number of hydrogen-bond acceptors (Lipinski definition) is 6. The molecule has 7 heteroatoms. The normalized spacial score (nSPS) is 11.7. The van der Waals surface area contributed by atoms with Crippen LogP contribution in [-0.2, 0) is 11.3 Å². The summed E-state index contributed by atoms with van der Waals surface area (Å²) in [4.78, 5) is 14.6. The predicted octanol–water partition coefficient (Wildman–Crippen LogP) is 3.18. The van der Waals surface area contributed by atoms with Gasteiger partial charge in [0.25, 0.3) is 0 Å². The maximum absolute atomic E-state index is 12.7. The lowest BCUT2D eigenvalue weighted by atomic mass is 10.1. The highest BCUT2D eigenvalue weighted by Gasteiger charge is 2.22. The number of likely N-dealkylation sites (N-methyl/N-ethyl adjacent to an activating group) is 1. The van der Waals surface area contributed by atoms with Gasteiger partial charge in [-0.25, -0.2) is 0 Å². The van der Waals surface area contributed by atoms with Crippen molar-refractivity contribution in [3.8, 4) is 23.0 Å². The number of rotatable bonds is 9. The average molecular weight is 388 g/mol. The number of carbonyl (C=O) groups excluding carboxylic acids is 1. The van der Waals surface area contributed by atoms with Crippen LogP contribution in [0.25, 0.3) is 0 Å². The summed E-state index contributed by atoms with van der Waals surface area (Å²) in [6.07, 6.45) is 0. The third-order valence-electron chi connectivity index (χ3n) is 4.58. The van der Waals surface area contributed by atoms with Gasteiger partial charge in [0.2, 0.25) is 11.7 Å². The highest BCUT2D eigenvalue weighted by molar-refractivity contribution is 5.94. The molecule has 2 rings (SSSR count). The molecule has 0 spiro atoms. The van der Waals surface area contributed by atoms with E-state index in [0.29, 0.717) is 35.2 Å². The monoisotopic (exact) mass is 388 g/mol. The molecule has 1 amide bonds. The second-order valence-electron chi connectivity index (χ2n) is 6.31. The van der Waals surface area contributed by atoms with Crippen molar-refractivity contribution in [3.05, 3.63) is 42.0 Å². The lowest BCUT2D eigenvalue weighted by Crippen LogP contribution is -2.39. The number of hydrogen-bond donors (Lipinski definition) is 1. The highest BCUT2D eigenvalue weighted by atomic mass is 16.5. The standard InChI is InChI=1S/C21H28N2O5/c1-14(21(24)22-16-8-7-9-17(12-16)25-3)23(2)13-15-10-11-18(26-4)20(28-6)19(15)27-5/h7-12,14H,13H2,1-6H3,(H,22,24)/t14-/m1/s1. The van der Waals surface area contributed by atoms with Gasteiger partial charge in [-0.05, 0) is 32.2 Å². The van der Waals surface area contributed by atoms with Crippen molar-refractivity contribution in [2.24, 2.45) is 0 Å². The molecule has 0 bridgehead atoms. The van der Waals surface area contributed by atoms with E-state index < -0.39 is 0 Å². The molecule has 0 radical (unpaired) electrons. The van der Waals surface area contributed by atoms with Gasteiger partial charge in [0.1, 0.15) is 5.75 Å². The number of anilines is 1. The van der Waals surface area contributed by atoms with E-state index in [1.807, 2.05) is 49.2 Å². The Kier molecular flexibility index (Phi) is 7.52. The fourth-order valence-electron chi connectivity index (χ4n) is 2.84. The number of nitrogens with one attached hydrogen (secondary N) is 1. The van der Waals surface area contributed by atoms with Crippen LogP contribution < -0.4 is 24.3 Å². The van der Waals surface area contributed by atoms with Crippen LogP contribution in [0.2, 0.25) is 0 Å². The Morgan fingerprint density at radius 2 is 1.71 bits per heavy atom. The minimum atomic E-state index is -0.371. The van der Waals surface area contributed by atoms with E-state index in [0.717, 1.165) is 5.56 Å². The van der Waals surface area contributed by atoms with Gasteiger partial charge in [-0.3, -0.25) is 9.69 Å². The van der Waals surface area contributed by atoms with Gasteiger partial charge in [0, 0.05) is 23.9 Å². The van der Waals surface area contributed by atoms with E-state index in [-0.39, 0.29) is 11.9 Å². The average Bonchev–Trinajstić information content (AvgIpc) is 2.72. The van der Waals surface area contributed by atoms with Crippen LogP contribution in [0.15, 0.2) is 36.4 Å². The van der Waals surface area contributed by atoms with Crippen molar-refractivity contribution in [3.63, 3.8) is 0 Å². The number of amides is 1. The SMILES string of the molecule is COc1cccc(NC(=O)[C@@H](C)N(C)Cc2ccc(OC)c(OC)c2OC)c1. The van der Waals surface area contributed by atoms with Gasteiger partial charge < -0.3 is 24.3 Å². The Morgan fingerprint density at radius 3 is 2.32 bits per heavy atom. The van der Waals surface area contributed by atoms with Gasteiger partial charge in [-0.2, -0.15) is 0 Å². The lowest BCUT2D eigenvalue weighted by molar-refractivity contribution is -0.120. The first-order valence-electron chi connectivity index (χ1n) is 8.88. The first-order chi connectivity index (χ1) is 13.4. The third kappa shape index (κ3) is 4.86. The fraction of sp³-hybridized carbons (Fsp3) is 0.381. The molecule has 7 nitrogen and oxygen atoms in total. The zero-order chi connectivity index (χ0) is 20.7. The third-order valence-corrected chi connectivity index (χ3v) is 4.58. The Morgan fingerprint density at radius 1 is 1.00 bits per heavy atom. The lowest BCUT2D eigenvalue weighted by Gasteiger charge is -2.25. The van der Waals surface area contributed by atoms with E-state index in [2.05, 4.69) is 5.32 Å². The van der Waals surface area contributed by atoms with Crippen LogP contribution in [-0.4, -0.2) is 52.3 Å². The number of methoxy groups -OCH3 is 4. The maximum atomic E-state index is 12.7. The molecule has 0 saturated heterocycles. The summed E-state index contributed by atoms with van der Waals surface area (Å²) >= 11 is 0. The first-order valence-corrected chi connectivity index (χ1v) is 8.88. The molecule has 0 aliphatic heterocycles. The Hall–Kier alpha value is -2.93. The number of nitrogens with zero attached hydrogens (tertiary/aromatic N) is 1. The molecule has 152 valence electrons. The molecule has 2 aromatic rings. The number of carbonyl (C=O) groups is 1. The van der Waals surface area contributed by atoms with Crippen LogP contribution in [0.3, 0.4) is 0 Å². The van der Waals surface area contributed by atoms with E-state index in [4.69, 9.17) is 18.9 Å². The number of ether oxygens (including phenoxy) is 4. The van der Waals surface area contributed by atoms with Gasteiger partial charge in [0.05, 0.1) is 34.5 Å². The predicted molar refractivity (Wildman–Crippen MR) is 109 cm³/mol. The van der Waals surface area contributed by atoms with Crippen LogP contribution in [0.1, 0.15) is 12.5 Å². The molecule has 1 atom stereocenters. The largest absolute Gasteiger partial charge is 0.497 e. The zero-order valence-corrected chi connectivity index (χ0v) is 17.2. The van der Waals surface area contributed by atoms with Gasteiger partial charge in [-0.15, -0.1) is 0 Å². The molecule has 0 unspecified atom stereocenters. The van der Waals surface area contributed by atoms with Crippen molar-refractivity contribution >= 4 is 11.6 Å². The van der Waals surface area contributed by atoms with E-state index in [1.54, 1.807) is 34.5 Å². The summed E-state index contributed by atoms with van der Waals surface area (Å²) in [6.45, 7) is 2.35. The van der Waals surface area contributed by atoms with Crippen LogP contribution in [0, 0.1) is 0 Å². The Balaban J connectivity index is 2.13. The molecule has 0 heterocycles. The summed E-state index contributed by atoms with van der Waals surface area (Å²) in [7, 11) is 8.20.